The van der Waals surface area contributed by atoms with Crippen molar-refractivity contribution in [1.82, 2.24) is 0 Å². The van der Waals surface area contributed by atoms with Crippen molar-refractivity contribution in [3.8, 4) is 0 Å². The molecular formula is C5H11SY3-. The van der Waals surface area contributed by atoms with Crippen LogP contribution in [0.3, 0.4) is 0 Å². The predicted octanol–water partition coefficient (Wildman–Crippen LogP) is 2.12. The monoisotopic (exact) mass is 370 g/mol. The van der Waals surface area contributed by atoms with E-state index in [1.165, 1.54) is 0 Å². The molecule has 0 atom stereocenters. The molecule has 0 fully saturated rings. The first-order valence-corrected chi connectivity index (χ1v) is 2.56. The van der Waals surface area contributed by atoms with Crippen molar-refractivity contribution in [3.63, 3.8) is 0 Å². The third kappa shape index (κ3) is 24.5. The Morgan fingerprint density at radius 1 is 1.00 bits per heavy atom. The molecule has 0 N–H and O–H groups in total. The fourth-order valence-corrected chi connectivity index (χ4v) is 0. The van der Waals surface area contributed by atoms with E-state index in [4.69, 9.17) is 0 Å². The summed E-state index contributed by atoms with van der Waals surface area (Å²) >= 11 is 3.98. The first kappa shape index (κ1) is 23.0. The number of hydrogen-bond acceptors (Lipinski definition) is 1. The van der Waals surface area contributed by atoms with Crippen LogP contribution in [0, 0.1) is 11.2 Å². The van der Waals surface area contributed by atoms with Gasteiger partial charge in [-0.2, -0.15) is 5.41 Å². The number of rotatable bonds is 0. The summed E-state index contributed by atoms with van der Waals surface area (Å²) < 4.78 is 0. The van der Waals surface area contributed by atoms with Crippen LogP contribution in [0.25, 0.3) is 0 Å². The zero-order chi connectivity index (χ0) is 5.21. The maximum absolute atomic E-state index is 3.98. The van der Waals surface area contributed by atoms with Gasteiger partial charge in [-0.3, -0.25) is 5.75 Å². The summed E-state index contributed by atoms with van der Waals surface area (Å²) in [4.78, 5) is 0. The molecule has 0 aliphatic rings. The van der Waals surface area contributed by atoms with Gasteiger partial charge < -0.3 is 12.6 Å². The molecule has 0 aromatic carbocycles. The topological polar surface area (TPSA) is 0 Å². The van der Waals surface area contributed by atoms with Crippen LogP contribution in [-0.2, 0) is 98.1 Å². The molecule has 0 saturated heterocycles. The van der Waals surface area contributed by atoms with Gasteiger partial charge in [-0.15, -0.1) is 0 Å². The summed E-state index contributed by atoms with van der Waals surface area (Å²) in [5.74, 6) is 1.88. The van der Waals surface area contributed by atoms with Crippen LogP contribution in [0.4, 0.5) is 0 Å². The van der Waals surface area contributed by atoms with E-state index >= 15 is 0 Å². The third-order valence-electron chi connectivity index (χ3n) is 0.387. The van der Waals surface area contributed by atoms with E-state index < -0.39 is 0 Å². The Bertz CT molecular complexity index is 42.0. The van der Waals surface area contributed by atoms with Gasteiger partial charge in [0, 0.05) is 98.1 Å². The summed E-state index contributed by atoms with van der Waals surface area (Å²) in [5, 5.41) is 0. The molecule has 0 saturated carbocycles. The second-order valence-corrected chi connectivity index (χ2v) is 2.75. The average molecular weight is 370 g/mol. The Hall–Kier alpha value is 3.66. The largest absolute Gasteiger partial charge is 0.369 e. The Morgan fingerprint density at radius 2 is 1.11 bits per heavy atom. The Balaban J connectivity index is -0.0000000417. The van der Waals surface area contributed by atoms with Crippen LogP contribution in [-0.4, -0.2) is 0 Å². The van der Waals surface area contributed by atoms with Crippen molar-refractivity contribution in [1.29, 1.82) is 0 Å². The van der Waals surface area contributed by atoms with Crippen molar-refractivity contribution in [2.45, 2.75) is 20.8 Å². The normalized spacial score (nSPS) is 8.00. The SMILES string of the molecule is CC(C)(C)[CH-]S.[Y].[Y].[Y]. The third-order valence-corrected chi connectivity index (χ3v) is 1.16. The molecule has 4 heteroatoms. The van der Waals surface area contributed by atoms with Crippen LogP contribution >= 0.6 is 12.6 Å². The Labute approximate surface area is 140 Å². The molecule has 0 aromatic heterocycles. The second-order valence-electron chi connectivity index (χ2n) is 2.50. The van der Waals surface area contributed by atoms with E-state index in [0.717, 1.165) is 0 Å². The summed E-state index contributed by atoms with van der Waals surface area (Å²) in [6, 6.07) is 0. The smallest absolute Gasteiger partial charge is 0 e. The van der Waals surface area contributed by atoms with E-state index in [9.17, 15) is 0 Å². The van der Waals surface area contributed by atoms with Gasteiger partial charge in [0.25, 0.3) is 0 Å². The van der Waals surface area contributed by atoms with Crippen molar-refractivity contribution in [2.24, 2.45) is 5.41 Å². The molecule has 0 amide bonds. The van der Waals surface area contributed by atoms with Crippen LogP contribution in [0.5, 0.6) is 0 Å². The molecule has 0 nitrogen and oxygen atoms in total. The summed E-state index contributed by atoms with van der Waals surface area (Å²) in [7, 11) is 0. The van der Waals surface area contributed by atoms with Gasteiger partial charge in [-0.25, -0.2) is 0 Å². The van der Waals surface area contributed by atoms with Crippen molar-refractivity contribution in [3.05, 3.63) is 5.75 Å². The zero-order valence-corrected chi connectivity index (χ0v) is 15.7. The van der Waals surface area contributed by atoms with Gasteiger partial charge in [-0.05, 0) is 0 Å². The molecule has 0 heterocycles. The van der Waals surface area contributed by atoms with Crippen LogP contribution in [0.2, 0.25) is 0 Å². The summed E-state index contributed by atoms with van der Waals surface area (Å²) in [6.07, 6.45) is 0. The molecule has 3 radical (unpaired) electrons. The van der Waals surface area contributed by atoms with E-state index in [1.54, 1.807) is 0 Å². The maximum Gasteiger partial charge on any atom is 0 e. The Morgan fingerprint density at radius 3 is 1.11 bits per heavy atom. The summed E-state index contributed by atoms with van der Waals surface area (Å²) in [5.41, 5.74) is 0.281. The molecule has 0 bridgehead atoms. The van der Waals surface area contributed by atoms with Crippen molar-refractivity contribution < 1.29 is 98.1 Å². The fraction of sp³-hybridized carbons (Fsp3) is 0.800. The molecular weight excluding hydrogens is 359 g/mol. The average Bonchev–Trinajstić information content (AvgIpc) is 1.35. The maximum atomic E-state index is 3.98. The fourth-order valence-electron chi connectivity index (χ4n) is 0. The van der Waals surface area contributed by atoms with Gasteiger partial charge in [-0.1, -0.05) is 20.8 Å². The van der Waals surface area contributed by atoms with E-state index in [0.29, 0.717) is 0 Å². The minimum atomic E-state index is 0. The van der Waals surface area contributed by atoms with E-state index in [-0.39, 0.29) is 104 Å². The molecule has 0 aromatic rings. The van der Waals surface area contributed by atoms with Gasteiger partial charge in [0.05, 0.1) is 0 Å². The predicted molar refractivity (Wildman–Crippen MR) is 32.7 cm³/mol. The summed E-state index contributed by atoms with van der Waals surface area (Å²) in [6.45, 7) is 6.33. The minimum Gasteiger partial charge on any atom is -0.369 e. The van der Waals surface area contributed by atoms with E-state index in [2.05, 4.69) is 33.4 Å². The van der Waals surface area contributed by atoms with E-state index in [1.807, 2.05) is 5.75 Å². The first-order valence-electron chi connectivity index (χ1n) is 2.05. The van der Waals surface area contributed by atoms with Gasteiger partial charge >= 0.3 is 0 Å². The minimum absolute atomic E-state index is 0. The molecule has 0 aliphatic heterocycles. The molecule has 0 unspecified atom stereocenters. The van der Waals surface area contributed by atoms with Crippen LogP contribution in [0.15, 0.2) is 0 Å². The number of thiol groups is 1. The second kappa shape index (κ2) is 11.7. The molecule has 0 rings (SSSR count). The van der Waals surface area contributed by atoms with Gasteiger partial charge in [0.1, 0.15) is 0 Å². The standard InChI is InChI=1S/C5H11S.3Y/c1-5(2,3)4-6;;;/h4,6H,1-3H3;;;/q-1;;;. The number of hydrogen-bond donors (Lipinski definition) is 1. The van der Waals surface area contributed by atoms with Crippen molar-refractivity contribution >= 4 is 12.6 Å². The van der Waals surface area contributed by atoms with Crippen molar-refractivity contribution in [2.75, 3.05) is 0 Å². The molecule has 0 aliphatic carbocycles. The van der Waals surface area contributed by atoms with Gasteiger partial charge in [0.15, 0.2) is 0 Å². The molecule has 0 spiro atoms. The Kier molecular flexibility index (Phi) is 29.7. The molecule has 47 valence electrons. The zero-order valence-electron chi connectivity index (χ0n) is 6.26. The quantitative estimate of drug-likeness (QED) is 0.491. The van der Waals surface area contributed by atoms with Crippen LogP contribution < -0.4 is 0 Å². The van der Waals surface area contributed by atoms with Crippen LogP contribution in [0.1, 0.15) is 20.8 Å². The first-order chi connectivity index (χ1) is 2.56. The van der Waals surface area contributed by atoms with Gasteiger partial charge in [0.2, 0.25) is 0 Å². The molecule has 9 heavy (non-hydrogen) atoms.